The van der Waals surface area contributed by atoms with E-state index in [4.69, 9.17) is 0 Å². The first-order valence-electron chi connectivity index (χ1n) is 7.14. The van der Waals surface area contributed by atoms with Gasteiger partial charge in [-0.15, -0.1) is 0 Å². The van der Waals surface area contributed by atoms with Crippen LogP contribution < -0.4 is 5.32 Å². The Morgan fingerprint density at radius 1 is 0.955 bits per heavy atom. The average molecular weight is 297 g/mol. The van der Waals surface area contributed by atoms with Gasteiger partial charge in [0.05, 0.1) is 11.1 Å². The number of imide groups is 1. The summed E-state index contributed by atoms with van der Waals surface area (Å²) < 4.78 is 0. The maximum absolute atomic E-state index is 10.9. The van der Waals surface area contributed by atoms with E-state index in [1.807, 2.05) is 19.1 Å². The van der Waals surface area contributed by atoms with Crippen molar-refractivity contribution in [2.45, 2.75) is 26.7 Å². The van der Waals surface area contributed by atoms with Gasteiger partial charge in [0, 0.05) is 0 Å². The van der Waals surface area contributed by atoms with Crippen LogP contribution in [0.2, 0.25) is 0 Å². The first-order valence-corrected chi connectivity index (χ1v) is 7.14. The lowest BCUT2D eigenvalue weighted by Crippen LogP contribution is -2.19. The lowest BCUT2D eigenvalue weighted by atomic mass is 10.0. The van der Waals surface area contributed by atoms with Crippen LogP contribution in [0, 0.1) is 6.92 Å². The van der Waals surface area contributed by atoms with Crippen LogP contribution in [0.15, 0.2) is 42.5 Å². The first kappa shape index (κ1) is 15.8. The van der Waals surface area contributed by atoms with Crippen molar-refractivity contribution in [2.24, 2.45) is 0 Å². The highest BCUT2D eigenvalue weighted by Crippen LogP contribution is 2.25. The van der Waals surface area contributed by atoms with E-state index in [9.17, 15) is 14.7 Å². The third kappa shape index (κ3) is 3.34. The lowest BCUT2D eigenvalue weighted by molar-refractivity contribution is 0.0879. The van der Waals surface area contributed by atoms with E-state index in [0.717, 1.165) is 11.1 Å². The molecule has 1 heterocycles. The van der Waals surface area contributed by atoms with Gasteiger partial charge in [-0.3, -0.25) is 14.9 Å². The van der Waals surface area contributed by atoms with Gasteiger partial charge in [0.15, 0.2) is 0 Å². The van der Waals surface area contributed by atoms with E-state index in [-0.39, 0.29) is 11.8 Å². The molecule has 4 heteroatoms. The number of rotatable bonds is 1. The first-order chi connectivity index (χ1) is 10.4. The molecule has 2 N–H and O–H groups in total. The summed E-state index contributed by atoms with van der Waals surface area (Å²) >= 11 is 0. The molecule has 0 bridgehead atoms. The number of carbonyl (C=O) groups is 2. The van der Waals surface area contributed by atoms with Gasteiger partial charge in [-0.1, -0.05) is 38.1 Å². The Kier molecular flexibility index (Phi) is 4.61. The van der Waals surface area contributed by atoms with Crippen molar-refractivity contribution in [1.29, 1.82) is 0 Å². The third-order valence-electron chi connectivity index (χ3n) is 3.45. The molecule has 0 spiro atoms. The summed E-state index contributed by atoms with van der Waals surface area (Å²) in [4.78, 5) is 21.9. The quantitative estimate of drug-likeness (QED) is 0.793. The Labute approximate surface area is 129 Å². The molecule has 2 aromatic rings. The molecule has 0 radical (unpaired) electrons. The van der Waals surface area contributed by atoms with Crippen molar-refractivity contribution < 1.29 is 14.7 Å². The number of nitrogens with one attached hydrogen (secondary N) is 1. The van der Waals surface area contributed by atoms with E-state index in [1.165, 1.54) is 0 Å². The lowest BCUT2D eigenvalue weighted by Gasteiger charge is -2.07. The second-order valence-electron chi connectivity index (χ2n) is 5.55. The Morgan fingerprint density at radius 3 is 1.95 bits per heavy atom. The predicted octanol–water partition coefficient (Wildman–Crippen LogP) is 3.39. The maximum atomic E-state index is 10.9. The fraction of sp³-hybridized carbons (Fsp3) is 0.222. The monoisotopic (exact) mass is 297 g/mol. The number of hydrogen-bond donors (Lipinski definition) is 2. The Balaban J connectivity index is 0.000000160. The van der Waals surface area contributed by atoms with Gasteiger partial charge in [-0.25, -0.2) is 0 Å². The molecule has 114 valence electrons. The molecule has 0 aromatic heterocycles. The van der Waals surface area contributed by atoms with Gasteiger partial charge >= 0.3 is 0 Å². The van der Waals surface area contributed by atoms with Crippen molar-refractivity contribution in [3.63, 3.8) is 0 Å². The van der Waals surface area contributed by atoms with Crippen LogP contribution in [0.4, 0.5) is 0 Å². The molecule has 0 saturated carbocycles. The normalized spacial score (nSPS) is 12.5. The van der Waals surface area contributed by atoms with Gasteiger partial charge < -0.3 is 5.11 Å². The van der Waals surface area contributed by atoms with Gasteiger partial charge in [-0.2, -0.15) is 0 Å². The zero-order valence-electron chi connectivity index (χ0n) is 12.9. The molecule has 0 aliphatic carbocycles. The SMILES string of the molecule is Cc1ccc(C(C)C)c(O)c1.O=C1NC(=O)c2ccccc21. The van der Waals surface area contributed by atoms with Gasteiger partial charge in [0.1, 0.15) is 5.75 Å². The number of carbonyl (C=O) groups excluding carboxylic acids is 2. The Hall–Kier alpha value is -2.62. The summed E-state index contributed by atoms with van der Waals surface area (Å²) in [7, 11) is 0. The molecular formula is C18H19NO3. The highest BCUT2D eigenvalue weighted by Gasteiger charge is 2.25. The largest absolute Gasteiger partial charge is 0.508 e. The number of benzene rings is 2. The van der Waals surface area contributed by atoms with E-state index >= 15 is 0 Å². The minimum atomic E-state index is -0.300. The number of hydrogen-bond acceptors (Lipinski definition) is 3. The van der Waals surface area contributed by atoms with Gasteiger partial charge in [0.2, 0.25) is 0 Å². The number of aryl methyl sites for hydroxylation is 1. The van der Waals surface area contributed by atoms with Crippen LogP contribution >= 0.6 is 0 Å². The molecule has 2 amide bonds. The molecule has 0 saturated heterocycles. The van der Waals surface area contributed by atoms with Crippen molar-refractivity contribution >= 4 is 11.8 Å². The smallest absolute Gasteiger partial charge is 0.258 e. The molecule has 4 nitrogen and oxygen atoms in total. The highest BCUT2D eigenvalue weighted by atomic mass is 16.3. The number of phenols is 1. The number of aromatic hydroxyl groups is 1. The summed E-state index contributed by atoms with van der Waals surface area (Å²) in [6.07, 6.45) is 0. The second-order valence-corrected chi connectivity index (χ2v) is 5.55. The second kappa shape index (κ2) is 6.43. The topological polar surface area (TPSA) is 66.4 Å². The van der Waals surface area contributed by atoms with Crippen LogP contribution in [0.25, 0.3) is 0 Å². The summed E-state index contributed by atoms with van der Waals surface area (Å²) in [6, 6.07) is 12.5. The summed E-state index contributed by atoms with van der Waals surface area (Å²) in [5, 5.41) is 11.7. The summed E-state index contributed by atoms with van der Waals surface area (Å²) in [6.45, 7) is 6.12. The number of fused-ring (bicyclic) bond motifs is 1. The van der Waals surface area contributed by atoms with E-state index < -0.39 is 0 Å². The average Bonchev–Trinajstić information content (AvgIpc) is 2.75. The van der Waals surface area contributed by atoms with Crippen molar-refractivity contribution in [3.05, 3.63) is 64.7 Å². The zero-order valence-corrected chi connectivity index (χ0v) is 12.9. The summed E-state index contributed by atoms with van der Waals surface area (Å²) in [5.74, 6) is 0.215. The fourth-order valence-corrected chi connectivity index (χ4v) is 2.26. The molecule has 22 heavy (non-hydrogen) atoms. The van der Waals surface area contributed by atoms with Crippen molar-refractivity contribution in [3.8, 4) is 5.75 Å². The van der Waals surface area contributed by atoms with E-state index in [2.05, 4.69) is 19.2 Å². The molecule has 1 aliphatic rings. The van der Waals surface area contributed by atoms with Gasteiger partial charge in [-0.05, 0) is 42.2 Å². The molecule has 0 unspecified atom stereocenters. The zero-order chi connectivity index (χ0) is 16.3. The highest BCUT2D eigenvalue weighted by molar-refractivity contribution is 6.21. The predicted molar refractivity (Wildman–Crippen MR) is 85.2 cm³/mol. The fourth-order valence-electron chi connectivity index (χ4n) is 2.26. The van der Waals surface area contributed by atoms with Crippen LogP contribution in [0.3, 0.4) is 0 Å². The minimum Gasteiger partial charge on any atom is -0.508 e. The Bertz CT molecular complexity index is 687. The Morgan fingerprint density at radius 2 is 1.50 bits per heavy atom. The van der Waals surface area contributed by atoms with Crippen LogP contribution in [-0.4, -0.2) is 16.9 Å². The molecule has 0 atom stereocenters. The maximum Gasteiger partial charge on any atom is 0.258 e. The molecule has 0 fully saturated rings. The van der Waals surface area contributed by atoms with Gasteiger partial charge in [0.25, 0.3) is 11.8 Å². The van der Waals surface area contributed by atoms with Crippen LogP contribution in [0.5, 0.6) is 5.75 Å². The molecule has 3 rings (SSSR count). The van der Waals surface area contributed by atoms with Crippen LogP contribution in [-0.2, 0) is 0 Å². The van der Waals surface area contributed by atoms with E-state index in [0.29, 0.717) is 22.8 Å². The summed E-state index contributed by atoms with van der Waals surface area (Å²) in [5.41, 5.74) is 3.07. The molecule has 2 aromatic carbocycles. The van der Waals surface area contributed by atoms with Crippen LogP contribution in [0.1, 0.15) is 51.6 Å². The number of phenolic OH excluding ortho intramolecular Hbond substituents is 1. The van der Waals surface area contributed by atoms with Crippen molar-refractivity contribution in [1.82, 2.24) is 5.32 Å². The standard InChI is InChI=1S/C10H14O.C8H5NO2/c1-7(2)9-5-4-8(3)6-10(9)11;10-7-5-3-1-2-4-6(5)8(11)9-7/h4-7,11H,1-3H3;1-4H,(H,9,10,11). The minimum absolute atomic E-state index is 0.300. The molecular weight excluding hydrogens is 278 g/mol. The van der Waals surface area contributed by atoms with E-state index in [1.54, 1.807) is 30.3 Å². The molecule has 1 aliphatic heterocycles. The third-order valence-corrected chi connectivity index (χ3v) is 3.45. The number of amides is 2. The van der Waals surface area contributed by atoms with Crippen molar-refractivity contribution in [2.75, 3.05) is 0 Å².